The third kappa shape index (κ3) is 8.58. The summed E-state index contributed by atoms with van der Waals surface area (Å²) < 4.78 is 1.69. The van der Waals surface area contributed by atoms with Gasteiger partial charge in [-0.05, 0) is 23.6 Å². The second-order valence-corrected chi connectivity index (χ2v) is 8.85. The number of benzene rings is 1. The molecule has 40 heavy (non-hydrogen) atoms. The number of carboxylic acid groups (broad SMARTS) is 2. The zero-order valence-corrected chi connectivity index (χ0v) is 22.0. The van der Waals surface area contributed by atoms with Crippen LogP contribution in [0.15, 0.2) is 67.0 Å². The highest BCUT2D eigenvalue weighted by Gasteiger charge is 2.15. The number of fused-ring (bicyclic) bond motifs is 1. The summed E-state index contributed by atoms with van der Waals surface area (Å²) in [7, 11) is 0. The first-order valence-electron chi connectivity index (χ1n) is 12.3. The Labute approximate surface area is 229 Å². The number of nitrogens with zero attached hydrogens (tertiary/aromatic N) is 5. The number of carboxylic acids is 2. The summed E-state index contributed by atoms with van der Waals surface area (Å²) >= 11 is 0. The van der Waals surface area contributed by atoms with Crippen molar-refractivity contribution in [2.75, 3.05) is 23.8 Å². The number of carbonyl (C=O) groups is 2. The minimum absolute atomic E-state index is 0.145. The molecule has 0 spiro atoms. The molecule has 0 unspecified atom stereocenters. The molecule has 0 saturated heterocycles. The van der Waals surface area contributed by atoms with Gasteiger partial charge in [-0.25, -0.2) is 9.59 Å². The van der Waals surface area contributed by atoms with Crippen LogP contribution in [0.1, 0.15) is 30.9 Å². The lowest BCUT2D eigenvalue weighted by Crippen LogP contribution is -2.24. The molecule has 13 heteroatoms. The molecule has 13 nitrogen and oxygen atoms in total. The maximum atomic E-state index is 9.66. The van der Waals surface area contributed by atoms with E-state index in [4.69, 9.17) is 15.3 Å². The van der Waals surface area contributed by atoms with E-state index in [0.717, 1.165) is 22.4 Å². The van der Waals surface area contributed by atoms with Gasteiger partial charge in [0, 0.05) is 42.6 Å². The molecule has 3 aromatic heterocycles. The molecule has 0 saturated carbocycles. The van der Waals surface area contributed by atoms with E-state index in [2.05, 4.69) is 56.7 Å². The summed E-state index contributed by atoms with van der Waals surface area (Å²) in [5.74, 6) is -1.37. The van der Waals surface area contributed by atoms with E-state index in [1.54, 1.807) is 16.9 Å². The summed E-state index contributed by atoms with van der Waals surface area (Å²) in [5.41, 5.74) is 4.77. The van der Waals surface area contributed by atoms with E-state index >= 15 is 0 Å². The molecule has 0 radical (unpaired) electrons. The molecular weight excluding hydrogens is 518 g/mol. The number of aromatic nitrogens is 5. The van der Waals surface area contributed by atoms with Crippen LogP contribution < -0.4 is 10.6 Å². The van der Waals surface area contributed by atoms with Gasteiger partial charge < -0.3 is 31.1 Å². The summed E-state index contributed by atoms with van der Waals surface area (Å²) in [6.45, 7) is 4.52. The number of pyridine rings is 1. The molecule has 1 aromatic carbocycles. The number of aliphatic hydroxyl groups is 2. The second-order valence-electron chi connectivity index (χ2n) is 8.85. The number of hydrogen-bond donors (Lipinski definition) is 6. The Hall–Kier alpha value is -4.88. The molecule has 1 atom stereocenters. The molecule has 3 heterocycles. The van der Waals surface area contributed by atoms with E-state index in [9.17, 15) is 14.7 Å². The number of aliphatic carboxylic acids is 2. The summed E-state index contributed by atoms with van der Waals surface area (Å²) in [5, 5.41) is 45.1. The molecule has 6 N–H and O–H groups in total. The zero-order chi connectivity index (χ0) is 29.1. The van der Waals surface area contributed by atoms with Crippen molar-refractivity contribution in [2.45, 2.75) is 32.4 Å². The topological polar surface area (TPSA) is 195 Å². The monoisotopic (exact) mass is 549 g/mol. The van der Waals surface area contributed by atoms with Crippen molar-refractivity contribution in [2.24, 2.45) is 0 Å². The Bertz CT molecular complexity index is 1420. The fourth-order valence-corrected chi connectivity index (χ4v) is 3.42. The van der Waals surface area contributed by atoms with Crippen molar-refractivity contribution >= 4 is 29.5 Å². The average molecular weight is 550 g/mol. The largest absolute Gasteiger partial charge is 0.478 e. The highest BCUT2D eigenvalue weighted by atomic mass is 16.4. The Kier molecular flexibility index (Phi) is 10.6. The van der Waals surface area contributed by atoms with Gasteiger partial charge in [0.1, 0.15) is 0 Å². The Balaban J connectivity index is 0.000000482. The normalized spacial score (nSPS) is 11.7. The van der Waals surface area contributed by atoms with Gasteiger partial charge in [-0.1, -0.05) is 44.2 Å². The van der Waals surface area contributed by atoms with Crippen LogP contribution in [-0.2, 0) is 16.1 Å². The van der Waals surface area contributed by atoms with E-state index < -0.39 is 18.0 Å². The standard InChI is InChI=1S/C23H27N7O2.C4H4O4/c1-15(2)19-13-27-30-21(19)28-22(25-12-18(32)14-31)29-23(30)26-11-16-6-8-17(9-7-16)20-5-3-4-10-24-20;5-3(6)1-2-4(7)8/h3-10,13,15,18,31-32H,11-12,14H2,1-2H3,(H2,25,26,28,29);1-2H,(H,5,6)(H,7,8)/b;2-1+/t18-;/m1./s1. The third-order valence-corrected chi connectivity index (χ3v) is 5.46. The van der Waals surface area contributed by atoms with Gasteiger partial charge in [0.2, 0.25) is 11.9 Å². The first kappa shape index (κ1) is 29.7. The third-order valence-electron chi connectivity index (χ3n) is 5.46. The van der Waals surface area contributed by atoms with Crippen molar-refractivity contribution in [3.8, 4) is 11.3 Å². The average Bonchev–Trinajstić information content (AvgIpc) is 3.39. The summed E-state index contributed by atoms with van der Waals surface area (Å²) in [6.07, 6.45) is 3.81. The Morgan fingerprint density at radius 2 is 1.70 bits per heavy atom. The number of anilines is 2. The zero-order valence-electron chi connectivity index (χ0n) is 22.0. The molecule has 4 aromatic rings. The summed E-state index contributed by atoms with van der Waals surface area (Å²) in [4.78, 5) is 32.6. The molecule has 210 valence electrons. The smallest absolute Gasteiger partial charge is 0.328 e. The molecule has 0 aliphatic heterocycles. The quantitative estimate of drug-likeness (QED) is 0.150. The van der Waals surface area contributed by atoms with E-state index in [-0.39, 0.29) is 19.1 Å². The Morgan fingerprint density at radius 3 is 2.27 bits per heavy atom. The van der Waals surface area contributed by atoms with E-state index in [0.29, 0.717) is 36.2 Å². The van der Waals surface area contributed by atoms with Crippen molar-refractivity contribution in [1.82, 2.24) is 24.6 Å². The lowest BCUT2D eigenvalue weighted by atomic mass is 10.1. The molecule has 4 rings (SSSR count). The van der Waals surface area contributed by atoms with Crippen LogP contribution >= 0.6 is 0 Å². The van der Waals surface area contributed by atoms with Crippen LogP contribution in [0.5, 0.6) is 0 Å². The lowest BCUT2D eigenvalue weighted by Gasteiger charge is -2.13. The lowest BCUT2D eigenvalue weighted by molar-refractivity contribution is -0.134. The van der Waals surface area contributed by atoms with Crippen molar-refractivity contribution < 1.29 is 30.0 Å². The van der Waals surface area contributed by atoms with Crippen LogP contribution in [0.2, 0.25) is 0 Å². The van der Waals surface area contributed by atoms with E-state index in [1.165, 1.54) is 0 Å². The van der Waals surface area contributed by atoms with Crippen LogP contribution in [-0.4, -0.2) is 76.2 Å². The predicted octanol–water partition coefficient (Wildman–Crippen LogP) is 2.40. The Morgan fingerprint density at radius 1 is 1.00 bits per heavy atom. The van der Waals surface area contributed by atoms with Crippen molar-refractivity contribution in [1.29, 1.82) is 0 Å². The molecular formula is C27H31N7O6. The van der Waals surface area contributed by atoms with Crippen LogP contribution in [0.3, 0.4) is 0 Å². The van der Waals surface area contributed by atoms with Gasteiger partial charge in [0.15, 0.2) is 5.65 Å². The van der Waals surface area contributed by atoms with Gasteiger partial charge >= 0.3 is 11.9 Å². The summed E-state index contributed by atoms with van der Waals surface area (Å²) in [6, 6.07) is 14.0. The predicted molar refractivity (Wildman–Crippen MR) is 148 cm³/mol. The van der Waals surface area contributed by atoms with Crippen LogP contribution in [0.25, 0.3) is 16.9 Å². The fourth-order valence-electron chi connectivity index (χ4n) is 3.42. The van der Waals surface area contributed by atoms with Gasteiger partial charge in [-0.15, -0.1) is 0 Å². The van der Waals surface area contributed by atoms with Gasteiger partial charge in [-0.3, -0.25) is 4.98 Å². The molecule has 0 bridgehead atoms. The fraction of sp³-hybridized carbons (Fsp3) is 0.259. The number of hydrogen-bond acceptors (Lipinski definition) is 10. The van der Waals surface area contributed by atoms with Crippen LogP contribution in [0, 0.1) is 0 Å². The minimum Gasteiger partial charge on any atom is -0.478 e. The molecule has 0 fully saturated rings. The highest BCUT2D eigenvalue weighted by molar-refractivity contribution is 5.89. The van der Waals surface area contributed by atoms with E-state index in [1.807, 2.05) is 30.3 Å². The maximum absolute atomic E-state index is 9.66. The van der Waals surface area contributed by atoms with Gasteiger partial charge in [-0.2, -0.15) is 19.6 Å². The van der Waals surface area contributed by atoms with Gasteiger partial charge in [0.25, 0.3) is 0 Å². The number of aliphatic hydroxyl groups excluding tert-OH is 2. The van der Waals surface area contributed by atoms with Crippen LogP contribution in [0.4, 0.5) is 11.9 Å². The van der Waals surface area contributed by atoms with Crippen molar-refractivity contribution in [3.05, 3.63) is 78.1 Å². The first-order valence-corrected chi connectivity index (χ1v) is 12.3. The van der Waals surface area contributed by atoms with Gasteiger partial charge in [0.05, 0.1) is 24.6 Å². The van der Waals surface area contributed by atoms with Crippen molar-refractivity contribution in [3.63, 3.8) is 0 Å². The maximum Gasteiger partial charge on any atom is 0.328 e. The second kappa shape index (κ2) is 14.3. The number of rotatable bonds is 11. The molecule has 0 aliphatic carbocycles. The minimum atomic E-state index is -1.26. The molecule has 0 aliphatic rings. The molecule has 0 amide bonds. The SMILES string of the molecule is CC(C)c1cnn2c(NCc3ccc(-c4ccccn4)cc3)nc(NC[C@@H](O)CO)nc12.O=C(O)/C=C/C(=O)O. The number of nitrogens with one attached hydrogen (secondary N) is 2. The first-order chi connectivity index (χ1) is 19.2. The highest BCUT2D eigenvalue weighted by Crippen LogP contribution is 2.23.